The molecule has 6 nitrogen and oxygen atoms in total. The molecule has 0 saturated heterocycles. The molecule has 6 heteroatoms. The third-order valence-electron chi connectivity index (χ3n) is 3.05. The predicted molar refractivity (Wildman–Crippen MR) is 86.9 cm³/mol. The second-order valence-electron chi connectivity index (χ2n) is 5.01. The number of aromatic carboxylic acids is 1. The second-order valence-corrected chi connectivity index (χ2v) is 5.01. The average molecular weight is 300 g/mol. The Morgan fingerprint density at radius 3 is 2.82 bits per heavy atom. The minimum atomic E-state index is -0.954. The highest BCUT2D eigenvalue weighted by Gasteiger charge is 2.05. The first-order chi connectivity index (χ1) is 10.6. The quantitative estimate of drug-likeness (QED) is 0.679. The molecule has 0 spiro atoms. The van der Waals surface area contributed by atoms with Crippen molar-refractivity contribution in [2.45, 2.75) is 26.7 Å². The maximum atomic E-state index is 11.0. The third-order valence-corrected chi connectivity index (χ3v) is 3.05. The van der Waals surface area contributed by atoms with Gasteiger partial charge in [0.1, 0.15) is 5.82 Å². The number of nitrogens with one attached hydrogen (secondary N) is 2. The van der Waals surface area contributed by atoms with Gasteiger partial charge in [0.25, 0.3) is 0 Å². The summed E-state index contributed by atoms with van der Waals surface area (Å²) < 4.78 is 0. The van der Waals surface area contributed by atoms with Crippen LogP contribution in [0.2, 0.25) is 0 Å². The fraction of sp³-hybridized carbons (Fsp3) is 0.312. The van der Waals surface area contributed by atoms with Crippen LogP contribution in [0.5, 0.6) is 0 Å². The summed E-state index contributed by atoms with van der Waals surface area (Å²) >= 11 is 0. The summed E-state index contributed by atoms with van der Waals surface area (Å²) in [6.07, 6.45) is 2.16. The minimum absolute atomic E-state index is 0.233. The number of hydrogen-bond acceptors (Lipinski definition) is 5. The fourth-order valence-electron chi connectivity index (χ4n) is 1.97. The number of nitrogens with zero attached hydrogens (tertiary/aromatic N) is 2. The van der Waals surface area contributed by atoms with Crippen LogP contribution in [0.15, 0.2) is 30.3 Å². The molecule has 0 saturated carbocycles. The van der Waals surface area contributed by atoms with Gasteiger partial charge in [-0.2, -0.15) is 4.98 Å². The molecule has 0 unspecified atom stereocenters. The fourth-order valence-corrected chi connectivity index (χ4v) is 1.97. The number of aromatic nitrogens is 2. The van der Waals surface area contributed by atoms with E-state index in [4.69, 9.17) is 5.11 Å². The van der Waals surface area contributed by atoms with Crippen molar-refractivity contribution in [2.75, 3.05) is 17.2 Å². The van der Waals surface area contributed by atoms with Gasteiger partial charge in [-0.3, -0.25) is 0 Å². The van der Waals surface area contributed by atoms with Crippen molar-refractivity contribution < 1.29 is 9.90 Å². The van der Waals surface area contributed by atoms with Crippen LogP contribution in [-0.2, 0) is 0 Å². The summed E-state index contributed by atoms with van der Waals surface area (Å²) in [4.78, 5) is 19.7. The highest BCUT2D eigenvalue weighted by atomic mass is 16.4. The molecule has 0 atom stereocenters. The monoisotopic (exact) mass is 300 g/mol. The molecule has 0 amide bonds. The van der Waals surface area contributed by atoms with Gasteiger partial charge in [0.05, 0.1) is 5.56 Å². The van der Waals surface area contributed by atoms with Crippen molar-refractivity contribution in [3.05, 3.63) is 41.6 Å². The lowest BCUT2D eigenvalue weighted by atomic mass is 10.2. The maximum absolute atomic E-state index is 11.0. The average Bonchev–Trinajstić information content (AvgIpc) is 2.47. The van der Waals surface area contributed by atoms with Crippen LogP contribution < -0.4 is 10.6 Å². The van der Waals surface area contributed by atoms with Crippen molar-refractivity contribution in [2.24, 2.45) is 0 Å². The predicted octanol–water partition coefficient (Wildman–Crippen LogP) is 3.44. The number of anilines is 3. The van der Waals surface area contributed by atoms with E-state index in [0.29, 0.717) is 17.5 Å². The number of carbonyl (C=O) groups is 1. The van der Waals surface area contributed by atoms with E-state index in [-0.39, 0.29) is 5.56 Å². The first-order valence-electron chi connectivity index (χ1n) is 7.28. The van der Waals surface area contributed by atoms with Gasteiger partial charge in [0.2, 0.25) is 5.95 Å². The first-order valence-corrected chi connectivity index (χ1v) is 7.28. The smallest absolute Gasteiger partial charge is 0.335 e. The molecular formula is C16H20N4O2. The van der Waals surface area contributed by atoms with Gasteiger partial charge in [0, 0.05) is 24.0 Å². The van der Waals surface area contributed by atoms with Crippen molar-refractivity contribution in [1.82, 2.24) is 9.97 Å². The zero-order valence-electron chi connectivity index (χ0n) is 12.8. The van der Waals surface area contributed by atoms with Gasteiger partial charge in [-0.15, -0.1) is 0 Å². The van der Waals surface area contributed by atoms with Crippen LogP contribution >= 0.6 is 0 Å². The number of rotatable bonds is 7. The van der Waals surface area contributed by atoms with Crippen LogP contribution in [0.4, 0.5) is 17.5 Å². The first kappa shape index (κ1) is 15.8. The van der Waals surface area contributed by atoms with Gasteiger partial charge in [-0.05, 0) is 31.5 Å². The summed E-state index contributed by atoms with van der Waals surface area (Å²) in [5.74, 6) is 0.254. The van der Waals surface area contributed by atoms with Gasteiger partial charge in [0.15, 0.2) is 0 Å². The topological polar surface area (TPSA) is 87.1 Å². The van der Waals surface area contributed by atoms with Crippen LogP contribution in [0.1, 0.15) is 35.8 Å². The van der Waals surface area contributed by atoms with Crippen molar-refractivity contribution in [1.29, 1.82) is 0 Å². The van der Waals surface area contributed by atoms with Gasteiger partial charge < -0.3 is 15.7 Å². The summed E-state index contributed by atoms with van der Waals surface area (Å²) in [5.41, 5.74) is 1.75. The zero-order valence-corrected chi connectivity index (χ0v) is 12.8. The van der Waals surface area contributed by atoms with Gasteiger partial charge in [-0.25, -0.2) is 9.78 Å². The number of benzene rings is 1. The molecule has 0 fully saturated rings. The standard InChI is InChI=1S/C16H20N4O2/c1-3-4-8-17-16-18-11(2)9-14(20-16)19-13-7-5-6-12(10-13)15(21)22/h5-7,9-10H,3-4,8H2,1-2H3,(H,21,22)(H2,17,18,19,20). The Balaban J connectivity index is 2.15. The molecule has 22 heavy (non-hydrogen) atoms. The third kappa shape index (κ3) is 4.44. The Morgan fingerprint density at radius 1 is 1.27 bits per heavy atom. The number of aryl methyl sites for hydroxylation is 1. The molecule has 2 rings (SSSR count). The van der Waals surface area contributed by atoms with E-state index in [9.17, 15) is 4.79 Å². The molecule has 0 aliphatic rings. The Bertz CT molecular complexity index is 658. The summed E-state index contributed by atoms with van der Waals surface area (Å²) in [5, 5.41) is 15.3. The molecule has 0 bridgehead atoms. The van der Waals surface area contributed by atoms with Gasteiger partial charge >= 0.3 is 5.97 Å². The van der Waals surface area contributed by atoms with Crippen molar-refractivity contribution >= 4 is 23.4 Å². The lowest BCUT2D eigenvalue weighted by molar-refractivity contribution is 0.0697. The SMILES string of the molecule is CCCCNc1nc(C)cc(Nc2cccc(C(=O)O)c2)n1. The Hall–Kier alpha value is -2.63. The second kappa shape index (κ2) is 7.40. The molecule has 0 aliphatic carbocycles. The van der Waals surface area contributed by atoms with Crippen LogP contribution in [0.3, 0.4) is 0 Å². The van der Waals surface area contributed by atoms with E-state index >= 15 is 0 Å². The van der Waals surface area contributed by atoms with Crippen LogP contribution in [0.25, 0.3) is 0 Å². The van der Waals surface area contributed by atoms with E-state index in [1.165, 1.54) is 0 Å². The number of carboxylic acids is 1. The van der Waals surface area contributed by atoms with Crippen LogP contribution in [-0.4, -0.2) is 27.6 Å². The minimum Gasteiger partial charge on any atom is -0.478 e. The van der Waals surface area contributed by atoms with Crippen molar-refractivity contribution in [3.63, 3.8) is 0 Å². The molecule has 1 aromatic carbocycles. The molecule has 3 N–H and O–H groups in total. The Kier molecular flexibility index (Phi) is 5.30. The summed E-state index contributed by atoms with van der Waals surface area (Å²) in [7, 11) is 0. The molecule has 0 radical (unpaired) electrons. The molecule has 0 aliphatic heterocycles. The number of hydrogen-bond donors (Lipinski definition) is 3. The highest BCUT2D eigenvalue weighted by molar-refractivity contribution is 5.89. The van der Waals surface area contributed by atoms with E-state index in [0.717, 1.165) is 25.1 Å². The Labute approximate surface area is 129 Å². The lowest BCUT2D eigenvalue weighted by Gasteiger charge is -2.10. The highest BCUT2D eigenvalue weighted by Crippen LogP contribution is 2.18. The van der Waals surface area contributed by atoms with E-state index < -0.39 is 5.97 Å². The van der Waals surface area contributed by atoms with Crippen LogP contribution in [0, 0.1) is 6.92 Å². The summed E-state index contributed by atoms with van der Waals surface area (Å²) in [6.45, 7) is 4.85. The normalized spacial score (nSPS) is 10.3. The maximum Gasteiger partial charge on any atom is 0.335 e. The molecule has 1 aromatic heterocycles. The Morgan fingerprint density at radius 2 is 2.09 bits per heavy atom. The lowest BCUT2D eigenvalue weighted by Crippen LogP contribution is -2.07. The zero-order chi connectivity index (χ0) is 15.9. The van der Waals surface area contributed by atoms with Gasteiger partial charge in [-0.1, -0.05) is 19.4 Å². The van der Waals surface area contributed by atoms with E-state index in [1.807, 2.05) is 13.0 Å². The molecule has 116 valence electrons. The van der Waals surface area contributed by atoms with Crippen molar-refractivity contribution in [3.8, 4) is 0 Å². The number of unbranched alkanes of at least 4 members (excludes halogenated alkanes) is 1. The molecule has 1 heterocycles. The number of carboxylic acid groups (broad SMARTS) is 1. The molecule has 2 aromatic rings. The van der Waals surface area contributed by atoms with E-state index in [2.05, 4.69) is 27.5 Å². The molecular weight excluding hydrogens is 280 g/mol. The largest absolute Gasteiger partial charge is 0.478 e. The summed E-state index contributed by atoms with van der Waals surface area (Å²) in [6, 6.07) is 8.44. The van der Waals surface area contributed by atoms with E-state index in [1.54, 1.807) is 24.3 Å².